The highest BCUT2D eigenvalue weighted by atomic mass is 35.5. The van der Waals surface area contributed by atoms with Gasteiger partial charge in [0.2, 0.25) is 5.88 Å². The van der Waals surface area contributed by atoms with Crippen LogP contribution in [0.3, 0.4) is 0 Å². The predicted octanol–water partition coefficient (Wildman–Crippen LogP) is 4.37. The first-order valence-electron chi connectivity index (χ1n) is 6.59. The molecule has 0 saturated heterocycles. The fraction of sp³-hybridized carbons (Fsp3) is 0.200. The van der Waals surface area contributed by atoms with Crippen molar-refractivity contribution in [1.82, 2.24) is 9.78 Å². The number of carbonyl (C=O) groups is 1. The zero-order valence-corrected chi connectivity index (χ0v) is 13.3. The third-order valence-electron chi connectivity index (χ3n) is 3.01. The highest BCUT2D eigenvalue weighted by Gasteiger charge is 2.39. The monoisotopic (exact) mass is 360 g/mol. The Hall–Kier alpha value is -2.48. The summed E-state index contributed by atoms with van der Waals surface area (Å²) in [4.78, 5) is 11.0. The van der Waals surface area contributed by atoms with Crippen molar-refractivity contribution in [1.29, 1.82) is 0 Å². The molecule has 0 bridgehead atoms. The second-order valence-electron chi connectivity index (χ2n) is 4.88. The molecule has 1 N–H and O–H groups in total. The van der Waals surface area contributed by atoms with E-state index in [1.54, 1.807) is 12.1 Å². The number of aliphatic carboxylic acids is 1. The number of benzene rings is 1. The number of carboxylic acids is 1. The second-order valence-corrected chi connectivity index (χ2v) is 5.32. The molecule has 0 fully saturated rings. The maximum absolute atomic E-state index is 13.2. The quantitative estimate of drug-likeness (QED) is 0.822. The Kier molecular flexibility index (Phi) is 4.88. The third kappa shape index (κ3) is 3.88. The molecule has 1 aromatic carbocycles. The summed E-state index contributed by atoms with van der Waals surface area (Å²) in [5, 5.41) is 12.7. The molecule has 0 radical (unpaired) electrons. The summed E-state index contributed by atoms with van der Waals surface area (Å²) in [5.74, 6) is -1.40. The number of hydrogen-bond acceptors (Lipinski definition) is 3. The Morgan fingerprint density at radius 2 is 2.08 bits per heavy atom. The molecule has 1 aromatic heterocycles. The maximum Gasteiger partial charge on any atom is 0.435 e. The first kappa shape index (κ1) is 17.9. The summed E-state index contributed by atoms with van der Waals surface area (Å²) < 4.78 is 45.9. The smallest absolute Gasteiger partial charge is 0.435 e. The molecule has 128 valence electrons. The standard InChI is InChI=1S/C15H12ClF3N2O3/c1-8(14(22)23)6-11-12(15(17,18)19)20-21(2)13(11)24-10-5-3-4-9(16)7-10/h3-7H,1-2H3,(H,22,23)/b8-6+. The summed E-state index contributed by atoms with van der Waals surface area (Å²) in [7, 11) is 1.27. The lowest BCUT2D eigenvalue weighted by Crippen LogP contribution is -2.08. The van der Waals surface area contributed by atoms with E-state index in [1.807, 2.05) is 0 Å². The van der Waals surface area contributed by atoms with E-state index in [1.165, 1.54) is 26.1 Å². The Morgan fingerprint density at radius 1 is 1.42 bits per heavy atom. The lowest BCUT2D eigenvalue weighted by molar-refractivity contribution is -0.141. The van der Waals surface area contributed by atoms with Crippen LogP contribution in [0.15, 0.2) is 29.8 Å². The topological polar surface area (TPSA) is 64.4 Å². The van der Waals surface area contributed by atoms with Gasteiger partial charge in [-0.25, -0.2) is 9.48 Å². The number of carboxylic acid groups (broad SMARTS) is 1. The Bertz CT molecular complexity index is 813. The van der Waals surface area contributed by atoms with Gasteiger partial charge in [-0.05, 0) is 31.2 Å². The van der Waals surface area contributed by atoms with Crippen molar-refractivity contribution in [3.63, 3.8) is 0 Å². The lowest BCUT2D eigenvalue weighted by Gasteiger charge is -2.08. The highest BCUT2D eigenvalue weighted by molar-refractivity contribution is 6.30. The van der Waals surface area contributed by atoms with Crippen LogP contribution in [0.5, 0.6) is 11.6 Å². The first-order chi connectivity index (χ1) is 11.1. The van der Waals surface area contributed by atoms with Crippen molar-refractivity contribution in [2.75, 3.05) is 0 Å². The molecule has 2 aromatic rings. The zero-order valence-electron chi connectivity index (χ0n) is 12.6. The van der Waals surface area contributed by atoms with E-state index in [9.17, 15) is 18.0 Å². The first-order valence-corrected chi connectivity index (χ1v) is 6.96. The number of rotatable bonds is 4. The van der Waals surface area contributed by atoms with Crippen LogP contribution in [0.1, 0.15) is 18.2 Å². The van der Waals surface area contributed by atoms with Gasteiger partial charge in [0, 0.05) is 17.6 Å². The largest absolute Gasteiger partial charge is 0.478 e. The lowest BCUT2D eigenvalue weighted by atomic mass is 10.1. The molecule has 2 rings (SSSR count). The van der Waals surface area contributed by atoms with Crippen LogP contribution >= 0.6 is 11.6 Å². The van der Waals surface area contributed by atoms with Crippen LogP contribution in [0, 0.1) is 0 Å². The highest BCUT2D eigenvalue weighted by Crippen LogP contribution is 2.38. The minimum absolute atomic E-state index is 0.196. The zero-order chi connectivity index (χ0) is 18.1. The van der Waals surface area contributed by atoms with Crippen molar-refractivity contribution < 1.29 is 27.8 Å². The predicted molar refractivity (Wildman–Crippen MR) is 81.0 cm³/mol. The number of hydrogen-bond donors (Lipinski definition) is 1. The second kappa shape index (κ2) is 6.56. The van der Waals surface area contributed by atoms with E-state index in [4.69, 9.17) is 21.4 Å². The molecule has 0 atom stereocenters. The van der Waals surface area contributed by atoms with E-state index >= 15 is 0 Å². The van der Waals surface area contributed by atoms with Crippen molar-refractivity contribution in [3.8, 4) is 11.6 Å². The van der Waals surface area contributed by atoms with Gasteiger partial charge in [0.25, 0.3) is 0 Å². The van der Waals surface area contributed by atoms with Crippen LogP contribution in [0.2, 0.25) is 5.02 Å². The van der Waals surface area contributed by atoms with Crippen molar-refractivity contribution in [2.45, 2.75) is 13.1 Å². The molecule has 0 spiro atoms. The average Bonchev–Trinajstić information content (AvgIpc) is 2.76. The maximum atomic E-state index is 13.2. The number of aromatic nitrogens is 2. The van der Waals surface area contributed by atoms with Crippen molar-refractivity contribution in [2.24, 2.45) is 7.05 Å². The SMILES string of the molecule is C/C(=C\c1c(C(F)(F)F)nn(C)c1Oc1cccc(Cl)c1)C(=O)O. The van der Waals surface area contributed by atoms with Gasteiger partial charge in [0.15, 0.2) is 5.69 Å². The summed E-state index contributed by atoms with van der Waals surface area (Å²) in [6.07, 6.45) is -3.89. The van der Waals surface area contributed by atoms with Gasteiger partial charge in [0.1, 0.15) is 5.75 Å². The molecule has 0 saturated carbocycles. The van der Waals surface area contributed by atoms with Gasteiger partial charge >= 0.3 is 12.1 Å². The number of halogens is 4. The fourth-order valence-corrected chi connectivity index (χ4v) is 2.09. The van der Waals surface area contributed by atoms with E-state index in [2.05, 4.69) is 5.10 Å². The van der Waals surface area contributed by atoms with Crippen LogP contribution in [-0.4, -0.2) is 20.9 Å². The minimum Gasteiger partial charge on any atom is -0.478 e. The van der Waals surface area contributed by atoms with Crippen LogP contribution in [0.25, 0.3) is 6.08 Å². The minimum atomic E-state index is -4.77. The summed E-state index contributed by atoms with van der Waals surface area (Å²) in [6, 6.07) is 6.06. The van der Waals surface area contributed by atoms with Crippen LogP contribution in [-0.2, 0) is 18.0 Å². The van der Waals surface area contributed by atoms with Gasteiger partial charge < -0.3 is 9.84 Å². The Balaban J connectivity index is 2.60. The molecule has 1 heterocycles. The Labute approximate surface area is 139 Å². The molecule has 24 heavy (non-hydrogen) atoms. The average molecular weight is 361 g/mol. The molecule has 0 aliphatic heterocycles. The fourth-order valence-electron chi connectivity index (χ4n) is 1.91. The number of alkyl halides is 3. The van der Waals surface area contributed by atoms with Crippen LogP contribution in [0.4, 0.5) is 13.2 Å². The van der Waals surface area contributed by atoms with Gasteiger partial charge in [-0.1, -0.05) is 17.7 Å². The van der Waals surface area contributed by atoms with Crippen molar-refractivity contribution >= 4 is 23.6 Å². The normalized spacial score (nSPS) is 12.3. The van der Waals surface area contributed by atoms with E-state index < -0.39 is 23.4 Å². The molecule has 9 heteroatoms. The van der Waals surface area contributed by atoms with E-state index in [0.717, 1.165) is 10.8 Å². The van der Waals surface area contributed by atoms with Crippen LogP contribution < -0.4 is 4.74 Å². The van der Waals surface area contributed by atoms with Crippen molar-refractivity contribution in [3.05, 3.63) is 46.1 Å². The van der Waals surface area contributed by atoms with E-state index in [0.29, 0.717) is 5.02 Å². The summed E-state index contributed by atoms with van der Waals surface area (Å²) in [5.41, 5.74) is -1.99. The molecular formula is C15H12ClF3N2O3. The summed E-state index contributed by atoms with van der Waals surface area (Å²) in [6.45, 7) is 1.18. The molecule has 0 aliphatic rings. The third-order valence-corrected chi connectivity index (χ3v) is 3.24. The summed E-state index contributed by atoms with van der Waals surface area (Å²) >= 11 is 5.82. The number of aryl methyl sites for hydroxylation is 1. The molecule has 0 aliphatic carbocycles. The number of ether oxygens (including phenoxy) is 1. The van der Waals surface area contributed by atoms with Gasteiger partial charge in [-0.2, -0.15) is 18.3 Å². The molecule has 0 unspecified atom stereocenters. The van der Waals surface area contributed by atoms with Gasteiger partial charge in [-0.15, -0.1) is 0 Å². The molecular weight excluding hydrogens is 349 g/mol. The Morgan fingerprint density at radius 3 is 2.62 bits per heavy atom. The van der Waals surface area contributed by atoms with Gasteiger partial charge in [0.05, 0.1) is 5.56 Å². The molecule has 5 nitrogen and oxygen atoms in total. The molecule has 0 amide bonds. The number of nitrogens with zero attached hydrogens (tertiary/aromatic N) is 2. The van der Waals surface area contributed by atoms with Gasteiger partial charge in [-0.3, -0.25) is 0 Å². The van der Waals surface area contributed by atoms with E-state index in [-0.39, 0.29) is 17.2 Å².